The SMILES string of the molecule is [2H]c1c([2H])c([2H])c2c(c1[2H])c1c([2H])c([2H])c([2H])c([2H])c1n2-c1ccc2c(c1)Oc1cccc3c1B2c1cccc2c4cc5c6cccc7c6n(c5cc4n-3c12)-c1cccc2c1B7c1ccc(-n3c4c([2H])c([2H])c([2H])c([2H])c4c4c([2H])c([2H])c([2H])c([2H])c43)cc1O2. The van der Waals surface area contributed by atoms with Gasteiger partial charge in [-0.15, -0.1) is 0 Å². The summed E-state index contributed by atoms with van der Waals surface area (Å²) >= 11 is 0. The van der Waals surface area contributed by atoms with Crippen LogP contribution in [0.5, 0.6) is 23.0 Å². The molecule has 0 spiro atoms. The van der Waals surface area contributed by atoms with E-state index in [0.717, 1.165) is 87.8 Å². The first-order valence-corrected chi connectivity index (χ1v) is 24.3. The molecule has 0 radical (unpaired) electrons. The number of ether oxygens (including phenoxy) is 2. The van der Waals surface area contributed by atoms with Crippen LogP contribution in [0.2, 0.25) is 0 Å². The number of aromatic nitrogens is 4. The Morgan fingerprint density at radius 1 is 0.311 bits per heavy atom. The summed E-state index contributed by atoms with van der Waals surface area (Å²) in [6.07, 6.45) is 0. The molecule has 8 heterocycles. The van der Waals surface area contributed by atoms with E-state index in [-0.39, 0.29) is 81.2 Å². The third kappa shape index (κ3) is 4.50. The largest absolute Gasteiger partial charge is 0.458 e. The molecule has 4 aliphatic rings. The molecule has 0 saturated heterocycles. The highest BCUT2D eigenvalue weighted by Gasteiger charge is 2.43. The third-order valence-corrected chi connectivity index (χ3v) is 16.2. The van der Waals surface area contributed by atoms with Crippen molar-refractivity contribution in [3.63, 3.8) is 0 Å². The Balaban J connectivity index is 0.794. The second kappa shape index (κ2) is 13.2. The van der Waals surface area contributed by atoms with Crippen LogP contribution in [0.15, 0.2) is 218 Å². The summed E-state index contributed by atoms with van der Waals surface area (Å²) in [4.78, 5) is 0. The number of hydrogen-bond acceptors (Lipinski definition) is 2. The van der Waals surface area contributed by atoms with Gasteiger partial charge in [-0.3, -0.25) is 0 Å². The van der Waals surface area contributed by atoms with Crippen molar-refractivity contribution in [2.45, 2.75) is 0 Å². The molecule has 0 aliphatic carbocycles. The Bertz CT molecular complexity index is 5590. The fourth-order valence-electron chi connectivity index (χ4n) is 13.4. The molecule has 11 aromatic carbocycles. The summed E-state index contributed by atoms with van der Waals surface area (Å²) in [7, 11) is 0. The summed E-state index contributed by atoms with van der Waals surface area (Å²) in [6.45, 7) is -0.654. The molecular formula is C66H36B2N4O2. The lowest BCUT2D eigenvalue weighted by molar-refractivity contribution is 0.487. The molecule has 0 fully saturated rings. The predicted octanol–water partition coefficient (Wildman–Crippen LogP) is 11.9. The maximum absolute atomic E-state index is 9.14. The topological polar surface area (TPSA) is 38.2 Å². The van der Waals surface area contributed by atoms with Crippen LogP contribution in [0.3, 0.4) is 0 Å². The Kier molecular flexibility index (Phi) is 4.78. The van der Waals surface area contributed by atoms with E-state index in [9.17, 15) is 0 Å². The zero-order valence-electron chi connectivity index (χ0n) is 54.3. The van der Waals surface area contributed by atoms with Crippen molar-refractivity contribution in [2.75, 3.05) is 0 Å². The van der Waals surface area contributed by atoms with Crippen LogP contribution in [0.4, 0.5) is 0 Å². The highest BCUT2D eigenvalue weighted by molar-refractivity contribution is 7.00. The van der Waals surface area contributed by atoms with Gasteiger partial charge in [-0.1, -0.05) is 133 Å². The van der Waals surface area contributed by atoms with Crippen LogP contribution in [0.25, 0.3) is 110 Å². The number of benzene rings is 11. The summed E-state index contributed by atoms with van der Waals surface area (Å²) in [6, 6.07) is 33.3. The molecular weight excluding hydrogens is 902 g/mol. The molecule has 338 valence electrons. The molecule has 0 N–H and O–H groups in total. The van der Waals surface area contributed by atoms with Crippen molar-refractivity contribution in [1.29, 1.82) is 0 Å². The average molecular weight is 955 g/mol. The highest BCUT2D eigenvalue weighted by Crippen LogP contribution is 2.44. The van der Waals surface area contributed by atoms with Gasteiger partial charge in [0.15, 0.2) is 0 Å². The van der Waals surface area contributed by atoms with Crippen molar-refractivity contribution in [2.24, 2.45) is 0 Å². The van der Waals surface area contributed by atoms with Gasteiger partial charge in [0, 0.05) is 89.0 Å². The maximum Gasteiger partial charge on any atom is 0.256 e. The molecule has 4 aliphatic heterocycles. The average Bonchev–Trinajstić information content (AvgIpc) is 1.47. The Labute approximate surface area is 445 Å². The van der Waals surface area contributed by atoms with Gasteiger partial charge in [0.1, 0.15) is 23.0 Å². The number of hydrogen-bond donors (Lipinski definition) is 0. The lowest BCUT2D eigenvalue weighted by Crippen LogP contribution is -2.58. The van der Waals surface area contributed by atoms with Crippen LogP contribution < -0.4 is 42.3 Å². The first-order valence-electron chi connectivity index (χ1n) is 32.3. The first-order chi connectivity index (χ1) is 43.4. The first kappa shape index (κ1) is 26.7. The minimum atomic E-state index is -0.510. The number of fused-ring (bicyclic) bond motifs is 20. The van der Waals surface area contributed by atoms with Gasteiger partial charge in [-0.2, -0.15) is 0 Å². The van der Waals surface area contributed by atoms with E-state index in [0.29, 0.717) is 34.4 Å². The van der Waals surface area contributed by atoms with Gasteiger partial charge in [-0.05, 0) is 105 Å². The lowest BCUT2D eigenvalue weighted by Gasteiger charge is -2.33. The molecule has 0 unspecified atom stereocenters. The minimum absolute atomic E-state index is 0.00352. The minimum Gasteiger partial charge on any atom is -0.458 e. The van der Waals surface area contributed by atoms with Gasteiger partial charge in [0.05, 0.1) is 55.0 Å². The van der Waals surface area contributed by atoms with Gasteiger partial charge >= 0.3 is 0 Å². The standard InChI is InChI=1S/C66H36B2N4O2/c1-5-21-51-39(13-1)40-14-2-6-22-52(40)69(51)37-29-31-47-61(33-37)73-59-27-11-25-55-63(59)67(47)49-19-9-17-43-45-35-46-44-18-10-20-50-66(44)72(58(46)36-57(45)71(55)65(43)49)56-26-12-28-60-64(56)68(50)48-32-30-38(34-62(48)74-60)70-53-23-7-3-15-41(53)42-16-4-8-24-54(42)70/h1-36H/i1D,2D,3D,4D,5D,6D,7D,8D,13D,14D,15D,16D,21D,22D,23D,24D. The summed E-state index contributed by atoms with van der Waals surface area (Å²) in [5.41, 5.74) is 12.4. The molecule has 15 aromatic rings. The zero-order valence-corrected chi connectivity index (χ0v) is 38.3. The second-order valence-electron chi connectivity index (χ2n) is 19.5. The molecule has 74 heavy (non-hydrogen) atoms. The highest BCUT2D eigenvalue weighted by atomic mass is 16.5. The maximum atomic E-state index is 9.14. The number of para-hydroxylation sites is 6. The van der Waals surface area contributed by atoms with E-state index in [1.807, 2.05) is 48.5 Å². The third-order valence-electron chi connectivity index (χ3n) is 16.2. The van der Waals surface area contributed by atoms with E-state index < -0.39 is 72.5 Å². The number of rotatable bonds is 2. The zero-order chi connectivity index (χ0) is 61.6. The van der Waals surface area contributed by atoms with E-state index in [1.54, 1.807) is 12.1 Å². The quantitative estimate of drug-likeness (QED) is 0.162. The normalized spacial score (nSPS) is 16.6. The predicted molar refractivity (Wildman–Crippen MR) is 306 cm³/mol. The Morgan fingerprint density at radius 3 is 1.15 bits per heavy atom. The molecule has 4 aromatic heterocycles. The van der Waals surface area contributed by atoms with Gasteiger partial charge in [0.2, 0.25) is 0 Å². The summed E-state index contributed by atoms with van der Waals surface area (Å²) in [5.74, 6) is 2.18. The van der Waals surface area contributed by atoms with Crippen LogP contribution in [0, 0.1) is 0 Å². The van der Waals surface area contributed by atoms with Crippen molar-refractivity contribution in [3.05, 3.63) is 218 Å². The number of nitrogens with zero attached hydrogens (tertiary/aromatic N) is 4. The van der Waals surface area contributed by atoms with E-state index >= 15 is 0 Å². The Morgan fingerprint density at radius 2 is 0.716 bits per heavy atom. The van der Waals surface area contributed by atoms with E-state index in [4.69, 9.17) is 31.4 Å². The van der Waals surface area contributed by atoms with E-state index in [1.165, 1.54) is 9.13 Å². The second-order valence-corrected chi connectivity index (χ2v) is 19.5. The summed E-state index contributed by atoms with van der Waals surface area (Å²) in [5, 5.41) is 4.13. The van der Waals surface area contributed by atoms with Crippen molar-refractivity contribution < 1.29 is 31.4 Å². The van der Waals surface area contributed by atoms with Crippen LogP contribution in [0.1, 0.15) is 21.9 Å². The smallest absolute Gasteiger partial charge is 0.256 e. The fourth-order valence-corrected chi connectivity index (χ4v) is 13.4. The van der Waals surface area contributed by atoms with Crippen LogP contribution in [-0.4, -0.2) is 31.7 Å². The van der Waals surface area contributed by atoms with Gasteiger partial charge in [-0.25, -0.2) is 0 Å². The monoisotopic (exact) mass is 954 g/mol. The molecule has 6 nitrogen and oxygen atoms in total. The molecule has 0 atom stereocenters. The molecule has 8 heteroatoms. The molecule has 0 amide bonds. The fraction of sp³-hybridized carbons (Fsp3) is 0. The van der Waals surface area contributed by atoms with Gasteiger partial charge < -0.3 is 27.7 Å². The molecule has 19 rings (SSSR count). The van der Waals surface area contributed by atoms with E-state index in [2.05, 4.69) is 69.8 Å². The van der Waals surface area contributed by atoms with Crippen molar-refractivity contribution in [1.82, 2.24) is 18.3 Å². The molecule has 0 bridgehead atoms. The molecule has 0 saturated carbocycles. The van der Waals surface area contributed by atoms with Gasteiger partial charge in [0.25, 0.3) is 13.4 Å². The summed E-state index contributed by atoms with van der Waals surface area (Å²) < 4.78 is 163. The van der Waals surface area contributed by atoms with Crippen molar-refractivity contribution in [3.8, 4) is 45.7 Å². The van der Waals surface area contributed by atoms with Crippen LogP contribution in [-0.2, 0) is 0 Å². The van der Waals surface area contributed by atoms with Crippen LogP contribution >= 0.6 is 0 Å². The lowest BCUT2D eigenvalue weighted by atomic mass is 9.34. The Hall–Kier alpha value is -9.65. The van der Waals surface area contributed by atoms with Crippen molar-refractivity contribution >= 4 is 133 Å².